The summed E-state index contributed by atoms with van der Waals surface area (Å²) in [6.45, 7) is 0.541. The predicted octanol–water partition coefficient (Wildman–Crippen LogP) is 1.21. The summed E-state index contributed by atoms with van der Waals surface area (Å²) < 4.78 is 0. The number of nitrogens with zero attached hydrogens (tertiary/aromatic N) is 1. The zero-order chi connectivity index (χ0) is 8.10. The summed E-state index contributed by atoms with van der Waals surface area (Å²) in [5.41, 5.74) is 7.55. The molecule has 0 saturated heterocycles. The molecule has 0 amide bonds. The molecular formula is C9H10N2. The normalized spacial score (nSPS) is 9.09. The Morgan fingerprint density at radius 2 is 2.09 bits per heavy atom. The summed E-state index contributed by atoms with van der Waals surface area (Å²) >= 11 is 0. The van der Waals surface area contributed by atoms with Gasteiger partial charge >= 0.3 is 0 Å². The maximum Gasteiger partial charge on any atom is 0.0669 e. The van der Waals surface area contributed by atoms with E-state index in [0.717, 1.165) is 11.1 Å². The Hall–Kier alpha value is -1.33. The Kier molecular flexibility index (Phi) is 2.65. The van der Waals surface area contributed by atoms with Crippen LogP contribution in [0, 0.1) is 11.3 Å². The van der Waals surface area contributed by atoms with E-state index in [0.29, 0.717) is 13.0 Å². The van der Waals surface area contributed by atoms with Crippen LogP contribution in [0.25, 0.3) is 0 Å². The van der Waals surface area contributed by atoms with E-state index < -0.39 is 0 Å². The maximum absolute atomic E-state index is 8.40. The first-order chi connectivity index (χ1) is 5.36. The molecule has 0 spiro atoms. The van der Waals surface area contributed by atoms with Crippen molar-refractivity contribution in [2.75, 3.05) is 0 Å². The Morgan fingerprint density at radius 1 is 1.36 bits per heavy atom. The molecule has 0 atom stereocenters. The number of hydrogen-bond acceptors (Lipinski definition) is 2. The molecule has 1 aromatic rings. The van der Waals surface area contributed by atoms with Gasteiger partial charge in [0.1, 0.15) is 0 Å². The summed E-state index contributed by atoms with van der Waals surface area (Å²) in [7, 11) is 0. The molecule has 1 rings (SSSR count). The fraction of sp³-hybridized carbons (Fsp3) is 0.222. The number of nitriles is 1. The van der Waals surface area contributed by atoms with Gasteiger partial charge in [-0.15, -0.1) is 0 Å². The van der Waals surface area contributed by atoms with Gasteiger partial charge in [0, 0.05) is 6.54 Å². The van der Waals surface area contributed by atoms with Crippen molar-refractivity contribution in [2.24, 2.45) is 5.73 Å². The second kappa shape index (κ2) is 3.75. The fourth-order valence-electron chi connectivity index (χ4n) is 0.958. The molecule has 0 aliphatic heterocycles. The van der Waals surface area contributed by atoms with Gasteiger partial charge in [-0.3, -0.25) is 0 Å². The summed E-state index contributed by atoms with van der Waals surface area (Å²) in [6.07, 6.45) is 0.466. The zero-order valence-electron chi connectivity index (χ0n) is 6.25. The molecule has 2 nitrogen and oxygen atoms in total. The van der Waals surface area contributed by atoms with Gasteiger partial charge in [0.25, 0.3) is 0 Å². The van der Waals surface area contributed by atoms with Crippen LogP contribution in [-0.4, -0.2) is 0 Å². The van der Waals surface area contributed by atoms with Gasteiger partial charge in [-0.2, -0.15) is 5.26 Å². The van der Waals surface area contributed by atoms with Crippen LogP contribution in [0.5, 0.6) is 0 Å². The molecule has 0 unspecified atom stereocenters. The molecule has 0 heterocycles. The van der Waals surface area contributed by atoms with Crippen molar-refractivity contribution in [3.63, 3.8) is 0 Å². The van der Waals surface area contributed by atoms with Gasteiger partial charge in [-0.1, -0.05) is 24.3 Å². The van der Waals surface area contributed by atoms with Crippen molar-refractivity contribution in [1.82, 2.24) is 0 Å². The van der Waals surface area contributed by atoms with Crippen molar-refractivity contribution in [3.8, 4) is 6.07 Å². The van der Waals surface area contributed by atoms with Crippen molar-refractivity contribution in [3.05, 3.63) is 35.4 Å². The maximum atomic E-state index is 8.40. The summed E-state index contributed by atoms with van der Waals surface area (Å²) in [5.74, 6) is 0. The molecule has 1 aromatic carbocycles. The standard InChI is InChI=1S/C9H10N2/c10-5-4-8-2-1-3-9(6-8)7-11/h1-3,6H,4,7,11H2. The van der Waals surface area contributed by atoms with Gasteiger partial charge in [0.15, 0.2) is 0 Å². The van der Waals surface area contributed by atoms with Crippen LogP contribution in [0.2, 0.25) is 0 Å². The lowest BCUT2D eigenvalue weighted by atomic mass is 10.1. The Bertz CT molecular complexity index is 273. The Balaban J connectivity index is 2.84. The first kappa shape index (κ1) is 7.77. The molecule has 0 aliphatic carbocycles. The Morgan fingerprint density at radius 3 is 2.73 bits per heavy atom. The number of hydrogen-bond donors (Lipinski definition) is 1. The molecule has 0 aromatic heterocycles. The molecule has 0 radical (unpaired) electrons. The van der Waals surface area contributed by atoms with Crippen LogP contribution in [0.1, 0.15) is 11.1 Å². The third-order valence-electron chi connectivity index (χ3n) is 1.51. The van der Waals surface area contributed by atoms with Crippen molar-refractivity contribution in [1.29, 1.82) is 5.26 Å². The van der Waals surface area contributed by atoms with Crippen LogP contribution < -0.4 is 5.73 Å². The average Bonchev–Trinajstić information content (AvgIpc) is 2.06. The van der Waals surface area contributed by atoms with Crippen LogP contribution in [0.4, 0.5) is 0 Å². The molecule has 56 valence electrons. The van der Waals surface area contributed by atoms with E-state index in [4.69, 9.17) is 11.0 Å². The highest BCUT2D eigenvalue weighted by Crippen LogP contribution is 2.04. The fourth-order valence-corrected chi connectivity index (χ4v) is 0.958. The van der Waals surface area contributed by atoms with Crippen LogP contribution >= 0.6 is 0 Å². The van der Waals surface area contributed by atoms with Crippen LogP contribution in [0.3, 0.4) is 0 Å². The van der Waals surface area contributed by atoms with E-state index in [1.54, 1.807) is 0 Å². The minimum atomic E-state index is 0.466. The lowest BCUT2D eigenvalue weighted by molar-refractivity contribution is 1.06. The number of benzene rings is 1. The van der Waals surface area contributed by atoms with Crippen LogP contribution in [0.15, 0.2) is 24.3 Å². The van der Waals surface area contributed by atoms with Gasteiger partial charge in [0.2, 0.25) is 0 Å². The highest BCUT2D eigenvalue weighted by Gasteiger charge is 1.92. The Labute approximate surface area is 66.3 Å². The molecular weight excluding hydrogens is 136 g/mol. The van der Waals surface area contributed by atoms with E-state index in [-0.39, 0.29) is 0 Å². The quantitative estimate of drug-likeness (QED) is 0.681. The molecule has 11 heavy (non-hydrogen) atoms. The van der Waals surface area contributed by atoms with Gasteiger partial charge in [0.05, 0.1) is 12.5 Å². The summed E-state index contributed by atoms with van der Waals surface area (Å²) in [4.78, 5) is 0. The third kappa shape index (κ3) is 2.06. The predicted molar refractivity (Wildman–Crippen MR) is 43.7 cm³/mol. The van der Waals surface area contributed by atoms with E-state index in [2.05, 4.69) is 6.07 Å². The molecule has 2 heteroatoms. The lowest BCUT2D eigenvalue weighted by Crippen LogP contribution is -1.96. The largest absolute Gasteiger partial charge is 0.326 e. The van der Waals surface area contributed by atoms with Crippen molar-refractivity contribution in [2.45, 2.75) is 13.0 Å². The van der Waals surface area contributed by atoms with E-state index in [9.17, 15) is 0 Å². The molecule has 0 saturated carbocycles. The van der Waals surface area contributed by atoms with E-state index in [1.165, 1.54) is 0 Å². The second-order valence-corrected chi connectivity index (χ2v) is 2.36. The minimum absolute atomic E-state index is 0.466. The first-order valence-electron chi connectivity index (χ1n) is 3.51. The smallest absolute Gasteiger partial charge is 0.0669 e. The monoisotopic (exact) mass is 146 g/mol. The summed E-state index contributed by atoms with van der Waals surface area (Å²) in [5, 5.41) is 8.40. The number of nitrogens with two attached hydrogens (primary N) is 1. The molecule has 0 aliphatic rings. The zero-order valence-corrected chi connectivity index (χ0v) is 6.25. The molecule has 0 bridgehead atoms. The van der Waals surface area contributed by atoms with Gasteiger partial charge < -0.3 is 5.73 Å². The van der Waals surface area contributed by atoms with Gasteiger partial charge in [-0.05, 0) is 11.1 Å². The highest BCUT2D eigenvalue weighted by atomic mass is 14.5. The SMILES string of the molecule is N#CCc1cccc(CN)c1. The third-order valence-corrected chi connectivity index (χ3v) is 1.51. The summed E-state index contributed by atoms with van der Waals surface area (Å²) in [6, 6.07) is 9.87. The van der Waals surface area contributed by atoms with Crippen molar-refractivity contribution >= 4 is 0 Å². The topological polar surface area (TPSA) is 49.8 Å². The minimum Gasteiger partial charge on any atom is -0.326 e. The van der Waals surface area contributed by atoms with Crippen LogP contribution in [-0.2, 0) is 13.0 Å². The highest BCUT2D eigenvalue weighted by molar-refractivity contribution is 5.25. The van der Waals surface area contributed by atoms with Crippen molar-refractivity contribution < 1.29 is 0 Å². The molecule has 2 N–H and O–H groups in total. The second-order valence-electron chi connectivity index (χ2n) is 2.36. The lowest BCUT2D eigenvalue weighted by Gasteiger charge is -1.97. The molecule has 0 fully saturated rings. The average molecular weight is 146 g/mol. The number of rotatable bonds is 2. The van der Waals surface area contributed by atoms with E-state index in [1.807, 2.05) is 24.3 Å². The van der Waals surface area contributed by atoms with Gasteiger partial charge in [-0.25, -0.2) is 0 Å². The van der Waals surface area contributed by atoms with E-state index >= 15 is 0 Å². The first-order valence-corrected chi connectivity index (χ1v) is 3.51.